The Balaban J connectivity index is -0.000000125. The van der Waals surface area contributed by atoms with E-state index >= 15 is 0 Å². The van der Waals surface area contributed by atoms with Crippen LogP contribution in [-0.2, 0) is 4.79 Å². The summed E-state index contributed by atoms with van der Waals surface area (Å²) in [5, 5.41) is 7.87. The van der Waals surface area contributed by atoms with Crippen molar-refractivity contribution in [1.82, 2.24) is 0 Å². The van der Waals surface area contributed by atoms with Gasteiger partial charge in [0.2, 0.25) is 0 Å². The number of nitrogens with two attached hydrogens (primary N) is 1. The molecule has 0 aliphatic heterocycles. The first-order chi connectivity index (χ1) is 2.64. The third-order valence-electron chi connectivity index (χ3n) is 0.390. The van der Waals surface area contributed by atoms with E-state index in [9.17, 15) is 4.79 Å². The number of halogens is 1. The molecular weight excluding hydrogens is 220 g/mol. The van der Waals surface area contributed by atoms with Gasteiger partial charge in [-0.25, -0.2) is 0 Å². The molecule has 50 valence electrons. The molecule has 0 rings (SSSR count). The predicted octanol–water partition coefficient (Wildman–Crippen LogP) is -1.35. The Hall–Kier alpha value is 0.159. The summed E-state index contributed by atoms with van der Waals surface area (Å²) >= 11 is 0. The summed E-state index contributed by atoms with van der Waals surface area (Å²) in [7, 11) is 0. The summed E-state index contributed by atoms with van der Waals surface area (Å²) in [6, 6.07) is -0.731. The van der Waals surface area contributed by atoms with Crippen LogP contribution >= 0.6 is 0 Å². The minimum absolute atomic E-state index is 0. The SMILES string of the molecule is CC(N)C(=O)O.F.[SnH2]. The van der Waals surface area contributed by atoms with Crippen molar-refractivity contribution < 1.29 is 14.6 Å². The van der Waals surface area contributed by atoms with Crippen molar-refractivity contribution in [3.8, 4) is 0 Å². The van der Waals surface area contributed by atoms with Gasteiger partial charge in [0.25, 0.3) is 0 Å². The molecule has 3 N–H and O–H groups in total. The standard InChI is InChI=1S/C3H7NO2.FH.Sn.2H/c1-2(4)3(5)6;;;;/h2H,4H2,1H3,(H,5,6);1H;;;. The first-order valence-corrected chi connectivity index (χ1v) is 1.63. The number of carboxylic acid groups (broad SMARTS) is 1. The van der Waals surface area contributed by atoms with E-state index in [2.05, 4.69) is 0 Å². The molecule has 5 heteroatoms. The van der Waals surface area contributed by atoms with Gasteiger partial charge in [0, 0.05) is 0 Å². The molecule has 3 nitrogen and oxygen atoms in total. The van der Waals surface area contributed by atoms with Gasteiger partial charge in [0.05, 0.1) is 0 Å². The van der Waals surface area contributed by atoms with Gasteiger partial charge in [-0.15, -0.1) is 0 Å². The fourth-order valence-corrected chi connectivity index (χ4v) is 0. The van der Waals surface area contributed by atoms with E-state index in [1.165, 1.54) is 6.92 Å². The third kappa shape index (κ3) is 9.48. The van der Waals surface area contributed by atoms with Gasteiger partial charge in [-0.2, -0.15) is 0 Å². The van der Waals surface area contributed by atoms with Crippen LogP contribution in [0.15, 0.2) is 0 Å². The molecule has 0 aromatic carbocycles. The van der Waals surface area contributed by atoms with Crippen LogP contribution in [0.5, 0.6) is 0 Å². The van der Waals surface area contributed by atoms with E-state index in [1.54, 1.807) is 0 Å². The molecule has 8 heavy (non-hydrogen) atoms. The summed E-state index contributed by atoms with van der Waals surface area (Å²) in [5.41, 5.74) is 4.84. The minimum atomic E-state index is -0.963. The molecule has 0 saturated carbocycles. The summed E-state index contributed by atoms with van der Waals surface area (Å²) in [6.07, 6.45) is 0. The Kier molecular flexibility index (Phi) is 14.1. The van der Waals surface area contributed by atoms with Crippen LogP contribution in [0.25, 0.3) is 0 Å². The number of hydrogen-bond acceptors (Lipinski definition) is 2. The first-order valence-electron chi connectivity index (χ1n) is 1.63. The fraction of sp³-hybridized carbons (Fsp3) is 0.667. The number of rotatable bonds is 1. The molecular formula is C3H10FNO2Sn. The zero-order valence-corrected chi connectivity index (χ0v) is 8.66. The normalized spacial score (nSPS) is 10.2. The first kappa shape index (κ1) is 15.7. The van der Waals surface area contributed by atoms with E-state index in [4.69, 9.17) is 10.8 Å². The second kappa shape index (κ2) is 7.16. The summed E-state index contributed by atoms with van der Waals surface area (Å²) in [5.74, 6) is -0.963. The van der Waals surface area contributed by atoms with Gasteiger partial charge < -0.3 is 10.8 Å². The van der Waals surface area contributed by atoms with Gasteiger partial charge in [-0.05, 0) is 6.92 Å². The number of carbonyl (C=O) groups is 1. The molecule has 0 bridgehead atoms. The molecule has 0 aromatic rings. The average Bonchev–Trinajstić information content (AvgIpc) is 1.36. The topological polar surface area (TPSA) is 63.3 Å². The average molecular weight is 230 g/mol. The Bertz CT molecular complexity index is 68.3. The van der Waals surface area contributed by atoms with E-state index in [0.29, 0.717) is 0 Å². The van der Waals surface area contributed by atoms with Crippen molar-refractivity contribution in [2.24, 2.45) is 5.73 Å². The second-order valence-electron chi connectivity index (χ2n) is 1.13. The molecule has 0 aromatic heterocycles. The van der Waals surface area contributed by atoms with Gasteiger partial charge in [0.15, 0.2) is 0 Å². The van der Waals surface area contributed by atoms with Gasteiger partial charge >= 0.3 is 29.9 Å². The maximum absolute atomic E-state index is 9.57. The Labute approximate surface area is 63.6 Å². The van der Waals surface area contributed by atoms with Crippen LogP contribution in [0.2, 0.25) is 0 Å². The number of aliphatic carboxylic acids is 1. The maximum atomic E-state index is 9.57. The Morgan fingerprint density at radius 3 is 1.88 bits per heavy atom. The quantitative estimate of drug-likeness (QED) is 0.547. The molecule has 0 heterocycles. The van der Waals surface area contributed by atoms with Crippen LogP contribution in [0.1, 0.15) is 6.92 Å². The van der Waals surface area contributed by atoms with E-state index in [-0.39, 0.29) is 28.6 Å². The monoisotopic (exact) mass is 231 g/mol. The Morgan fingerprint density at radius 1 is 1.75 bits per heavy atom. The van der Waals surface area contributed by atoms with Crippen LogP contribution in [-0.4, -0.2) is 41.0 Å². The second-order valence-corrected chi connectivity index (χ2v) is 1.13. The third-order valence-corrected chi connectivity index (χ3v) is 0.390. The zero-order valence-electron chi connectivity index (χ0n) is 4.63. The molecule has 0 saturated heterocycles. The molecule has 0 aliphatic rings. The van der Waals surface area contributed by atoms with Gasteiger partial charge in [-0.3, -0.25) is 9.50 Å². The van der Waals surface area contributed by atoms with E-state index < -0.39 is 12.0 Å². The molecule has 0 amide bonds. The van der Waals surface area contributed by atoms with E-state index in [1.807, 2.05) is 0 Å². The van der Waals surface area contributed by atoms with Crippen LogP contribution in [0, 0.1) is 0 Å². The number of carboxylic acids is 1. The van der Waals surface area contributed by atoms with Crippen molar-refractivity contribution in [2.75, 3.05) is 0 Å². The molecule has 1 atom stereocenters. The van der Waals surface area contributed by atoms with Gasteiger partial charge in [0.1, 0.15) is 6.04 Å². The molecule has 0 aliphatic carbocycles. The van der Waals surface area contributed by atoms with Crippen molar-refractivity contribution in [3.63, 3.8) is 0 Å². The van der Waals surface area contributed by atoms with Gasteiger partial charge in [-0.1, -0.05) is 0 Å². The Morgan fingerprint density at radius 2 is 1.88 bits per heavy atom. The summed E-state index contributed by atoms with van der Waals surface area (Å²) in [6.45, 7) is 1.42. The summed E-state index contributed by atoms with van der Waals surface area (Å²) < 4.78 is 0. The number of hydrogen-bond donors (Lipinski definition) is 2. The van der Waals surface area contributed by atoms with E-state index in [0.717, 1.165) is 0 Å². The van der Waals surface area contributed by atoms with Crippen LogP contribution < -0.4 is 5.73 Å². The predicted molar refractivity (Wildman–Crippen MR) is 32.3 cm³/mol. The van der Waals surface area contributed by atoms with Crippen LogP contribution in [0.3, 0.4) is 0 Å². The molecule has 1 unspecified atom stereocenters. The zero-order chi connectivity index (χ0) is 5.15. The fourth-order valence-electron chi connectivity index (χ4n) is 0. The summed E-state index contributed by atoms with van der Waals surface area (Å²) in [4.78, 5) is 9.57. The van der Waals surface area contributed by atoms with Crippen molar-refractivity contribution in [1.29, 1.82) is 0 Å². The van der Waals surface area contributed by atoms with Crippen molar-refractivity contribution in [3.05, 3.63) is 0 Å². The molecule has 0 fully saturated rings. The van der Waals surface area contributed by atoms with Crippen LogP contribution in [0.4, 0.5) is 4.70 Å². The van der Waals surface area contributed by atoms with Crippen molar-refractivity contribution >= 4 is 29.9 Å². The molecule has 2 radical (unpaired) electrons. The van der Waals surface area contributed by atoms with Crippen molar-refractivity contribution in [2.45, 2.75) is 13.0 Å². The molecule has 0 spiro atoms.